The Morgan fingerprint density at radius 1 is 0.333 bits per heavy atom. The van der Waals surface area contributed by atoms with Crippen LogP contribution in [0, 0.1) is 39.0 Å². The van der Waals surface area contributed by atoms with Crippen molar-refractivity contribution in [3.8, 4) is 73.1 Å². The minimum Gasteiger partial charge on any atom is -0.308 e. The molecule has 0 saturated heterocycles. The van der Waals surface area contributed by atoms with Crippen LogP contribution in [0.2, 0.25) is 0 Å². The van der Waals surface area contributed by atoms with Crippen molar-refractivity contribution in [1.29, 1.82) is 5.26 Å². The van der Waals surface area contributed by atoms with Gasteiger partial charge >= 0.3 is 6.18 Å². The average Bonchev–Trinajstić information content (AvgIpc) is 3.90. The first kappa shape index (κ1) is 44.3. The maximum atomic E-state index is 17.2. The molecule has 3 nitrogen and oxygen atoms in total. The first-order chi connectivity index (χ1) is 34.9. The molecule has 12 aromatic rings. The number of nitriles is 1. The van der Waals surface area contributed by atoms with E-state index in [0.717, 1.165) is 88.3 Å². The molecule has 0 aliphatic heterocycles. The number of alkyl halides is 3. The Labute approximate surface area is 415 Å². The number of halogens is 3. The molecule has 0 fully saturated rings. The van der Waals surface area contributed by atoms with Gasteiger partial charge in [-0.1, -0.05) is 180 Å². The highest BCUT2D eigenvalue weighted by atomic mass is 19.4. The molecule has 0 atom stereocenters. The van der Waals surface area contributed by atoms with Crippen molar-refractivity contribution in [3.63, 3.8) is 0 Å². The highest BCUT2D eigenvalue weighted by Crippen LogP contribution is 2.48. The molecule has 10 aromatic carbocycles. The fourth-order valence-corrected chi connectivity index (χ4v) is 10.4. The van der Waals surface area contributed by atoms with E-state index in [1.165, 1.54) is 0 Å². The normalized spacial score (nSPS) is 11.8. The molecule has 0 amide bonds. The zero-order valence-corrected chi connectivity index (χ0v) is 40.1. The Kier molecular flexibility index (Phi) is 10.6. The SMILES string of the molecule is Cc1ccc(-c2ccc3c4ccc(-c5ccc(C)cc5)cc4n(-c4cc(-c5cccc(C#N)c5)cc(-n5c6cc(-c7ccc(C)cc7)ccc6c6ccc(-c7ccc(C)cc7)cc65)c4C(F)(F)F)c3c2)cc1. The molecule has 346 valence electrons. The van der Waals surface area contributed by atoms with Crippen molar-refractivity contribution in [2.24, 2.45) is 0 Å². The van der Waals surface area contributed by atoms with Crippen molar-refractivity contribution in [1.82, 2.24) is 9.13 Å². The van der Waals surface area contributed by atoms with Crippen molar-refractivity contribution < 1.29 is 13.2 Å². The van der Waals surface area contributed by atoms with E-state index in [1.54, 1.807) is 30.3 Å². The van der Waals surface area contributed by atoms with E-state index in [2.05, 4.69) is 127 Å². The predicted octanol–water partition coefficient (Wildman–Crippen LogP) is 18.3. The summed E-state index contributed by atoms with van der Waals surface area (Å²) in [4.78, 5) is 0. The number of benzene rings is 10. The summed E-state index contributed by atoms with van der Waals surface area (Å²) in [6.45, 7) is 8.15. The van der Waals surface area contributed by atoms with E-state index in [0.29, 0.717) is 38.8 Å². The molecule has 72 heavy (non-hydrogen) atoms. The Morgan fingerprint density at radius 3 is 0.917 bits per heavy atom. The Bertz CT molecular complexity index is 3710. The molecule has 0 aliphatic rings. The van der Waals surface area contributed by atoms with Crippen LogP contribution in [0.25, 0.3) is 111 Å². The second kappa shape index (κ2) is 17.2. The number of fused-ring (bicyclic) bond motifs is 6. The fraction of sp³-hybridized carbons (Fsp3) is 0.0758. The maximum absolute atomic E-state index is 17.2. The monoisotopic (exact) mass is 937 g/mol. The summed E-state index contributed by atoms with van der Waals surface area (Å²) in [5.74, 6) is 0. The zero-order valence-electron chi connectivity index (χ0n) is 40.1. The van der Waals surface area contributed by atoms with E-state index in [1.807, 2.05) is 91.4 Å². The Morgan fingerprint density at radius 2 is 0.625 bits per heavy atom. The van der Waals surface area contributed by atoms with Gasteiger partial charge in [0.2, 0.25) is 0 Å². The third kappa shape index (κ3) is 7.71. The smallest absolute Gasteiger partial charge is 0.308 e. The van der Waals surface area contributed by atoms with Gasteiger partial charge in [-0.2, -0.15) is 18.4 Å². The van der Waals surface area contributed by atoms with Crippen LogP contribution < -0.4 is 0 Å². The van der Waals surface area contributed by atoms with Gasteiger partial charge in [0.15, 0.2) is 0 Å². The molecule has 0 aliphatic carbocycles. The van der Waals surface area contributed by atoms with Gasteiger partial charge in [0.05, 0.1) is 45.1 Å². The second-order valence-electron chi connectivity index (χ2n) is 19.1. The molecule has 2 aromatic heterocycles. The molecule has 0 spiro atoms. The van der Waals surface area contributed by atoms with Gasteiger partial charge < -0.3 is 9.13 Å². The van der Waals surface area contributed by atoms with Crippen molar-refractivity contribution >= 4 is 43.6 Å². The van der Waals surface area contributed by atoms with Crippen LogP contribution in [0.5, 0.6) is 0 Å². The van der Waals surface area contributed by atoms with E-state index < -0.39 is 11.7 Å². The molecular weight excluding hydrogens is 892 g/mol. The molecule has 0 bridgehead atoms. The number of hydrogen-bond acceptors (Lipinski definition) is 1. The second-order valence-corrected chi connectivity index (χ2v) is 19.1. The first-order valence-electron chi connectivity index (χ1n) is 24.1. The van der Waals surface area contributed by atoms with E-state index in [9.17, 15) is 5.26 Å². The van der Waals surface area contributed by atoms with Crippen LogP contribution in [0.3, 0.4) is 0 Å². The van der Waals surface area contributed by atoms with Gasteiger partial charge in [-0.25, -0.2) is 0 Å². The summed E-state index contributed by atoms with van der Waals surface area (Å²) in [6.07, 6.45) is -4.88. The van der Waals surface area contributed by atoms with Crippen molar-refractivity contribution in [2.45, 2.75) is 33.9 Å². The predicted molar refractivity (Wildman–Crippen MR) is 291 cm³/mol. The summed E-state index contributed by atoms with van der Waals surface area (Å²) >= 11 is 0. The van der Waals surface area contributed by atoms with Gasteiger partial charge in [-0.05, 0) is 132 Å². The van der Waals surface area contributed by atoms with Gasteiger partial charge in [-0.15, -0.1) is 0 Å². The van der Waals surface area contributed by atoms with Gasteiger partial charge in [0.1, 0.15) is 5.56 Å². The first-order valence-corrected chi connectivity index (χ1v) is 24.1. The lowest BCUT2D eigenvalue weighted by molar-refractivity contribution is -0.137. The van der Waals surface area contributed by atoms with Crippen molar-refractivity contribution in [2.75, 3.05) is 0 Å². The highest BCUT2D eigenvalue weighted by molar-refractivity contribution is 6.13. The summed E-state index contributed by atoms with van der Waals surface area (Å²) in [6, 6.07) is 70.0. The maximum Gasteiger partial charge on any atom is 0.420 e. The van der Waals surface area contributed by atoms with Gasteiger partial charge in [0.25, 0.3) is 0 Å². The van der Waals surface area contributed by atoms with Crippen LogP contribution in [-0.4, -0.2) is 9.13 Å². The number of nitrogens with zero attached hydrogens (tertiary/aromatic N) is 3. The van der Waals surface area contributed by atoms with E-state index in [-0.39, 0.29) is 11.4 Å². The quantitative estimate of drug-likeness (QED) is 0.157. The van der Waals surface area contributed by atoms with Gasteiger partial charge in [0, 0.05) is 21.5 Å². The van der Waals surface area contributed by atoms with Crippen LogP contribution >= 0.6 is 0 Å². The molecule has 0 radical (unpaired) electrons. The molecule has 0 saturated carbocycles. The topological polar surface area (TPSA) is 33.6 Å². The molecule has 0 N–H and O–H groups in total. The van der Waals surface area contributed by atoms with Crippen LogP contribution in [-0.2, 0) is 6.18 Å². The largest absolute Gasteiger partial charge is 0.420 e. The summed E-state index contributed by atoms with van der Waals surface area (Å²) in [5.41, 5.74) is 15.0. The number of rotatable bonds is 7. The zero-order chi connectivity index (χ0) is 49.4. The number of aryl methyl sites for hydroxylation is 4. The summed E-state index contributed by atoms with van der Waals surface area (Å²) in [5, 5.41) is 13.5. The minimum atomic E-state index is -4.88. The Balaban J connectivity index is 1.25. The average molecular weight is 938 g/mol. The molecule has 12 rings (SSSR count). The molecule has 6 heteroatoms. The fourth-order valence-electron chi connectivity index (χ4n) is 10.4. The lowest BCUT2D eigenvalue weighted by Crippen LogP contribution is -2.16. The molecule has 2 heterocycles. The minimum absolute atomic E-state index is 0.0288. The standard InChI is InChI=1S/C66H46F3N3/c1-40-8-16-45(17-9-40)50-24-28-55-56-29-25-51(46-18-10-41(2)11-19-46)34-60(56)71(59(55)33-50)63-37-54(49-7-5-6-44(32-49)39-70)38-64(65(63)66(67,68)69)72-61-35-52(47-20-12-42(3)13-21-47)26-30-57(61)58-31-27-53(36-62(58)72)48-22-14-43(4)15-23-48/h5-38H,1-4H3. The van der Waals surface area contributed by atoms with Crippen molar-refractivity contribution in [3.05, 3.63) is 240 Å². The van der Waals surface area contributed by atoms with E-state index >= 15 is 13.2 Å². The third-order valence-electron chi connectivity index (χ3n) is 14.3. The van der Waals surface area contributed by atoms with Gasteiger partial charge in [-0.3, -0.25) is 0 Å². The molecular formula is C66H46F3N3. The lowest BCUT2D eigenvalue weighted by Gasteiger charge is -2.23. The summed E-state index contributed by atoms with van der Waals surface area (Å²) in [7, 11) is 0. The number of aromatic nitrogens is 2. The number of hydrogen-bond donors (Lipinski definition) is 0. The Hall–Kier alpha value is -8.92. The molecule has 0 unspecified atom stereocenters. The van der Waals surface area contributed by atoms with E-state index in [4.69, 9.17) is 0 Å². The van der Waals surface area contributed by atoms with Crippen LogP contribution in [0.15, 0.2) is 206 Å². The summed E-state index contributed by atoms with van der Waals surface area (Å²) < 4.78 is 55.3. The lowest BCUT2D eigenvalue weighted by atomic mass is 9.97. The third-order valence-corrected chi connectivity index (χ3v) is 14.3. The highest BCUT2D eigenvalue weighted by Gasteiger charge is 2.40. The van der Waals surface area contributed by atoms with Crippen LogP contribution in [0.1, 0.15) is 33.4 Å². The van der Waals surface area contributed by atoms with Crippen LogP contribution in [0.4, 0.5) is 13.2 Å².